The predicted octanol–water partition coefficient (Wildman–Crippen LogP) is 9.44. The molecule has 0 N–H and O–H groups in total. The molecule has 0 nitrogen and oxygen atoms in total. The minimum Gasteiger partial charge on any atom is -0.0989 e. The Bertz CT molecular complexity index is 1220. The Balaban J connectivity index is 1.28. The summed E-state index contributed by atoms with van der Waals surface area (Å²) in [6.07, 6.45) is 13.0. The lowest BCUT2D eigenvalue weighted by Gasteiger charge is -2.25. The Labute approximate surface area is 213 Å². The van der Waals surface area contributed by atoms with E-state index in [4.69, 9.17) is 0 Å². The van der Waals surface area contributed by atoms with E-state index in [1.165, 1.54) is 83.1 Å². The van der Waals surface area contributed by atoms with Gasteiger partial charge in [0.1, 0.15) is 0 Å². The van der Waals surface area contributed by atoms with E-state index in [0.29, 0.717) is 23.2 Å². The van der Waals surface area contributed by atoms with Gasteiger partial charge in [-0.15, -0.1) is 0 Å². The molecule has 0 radical (unpaired) electrons. The molecule has 0 bridgehead atoms. The number of aryl methyl sites for hydroxylation is 2. The predicted molar refractivity (Wildman–Crippen MR) is 150 cm³/mol. The van der Waals surface area contributed by atoms with Gasteiger partial charge in [0, 0.05) is 5.92 Å². The van der Waals surface area contributed by atoms with Crippen LogP contribution in [0.1, 0.15) is 80.2 Å². The van der Waals surface area contributed by atoms with Crippen molar-refractivity contribution < 1.29 is 0 Å². The van der Waals surface area contributed by atoms with Crippen LogP contribution in [0.15, 0.2) is 60.2 Å². The highest BCUT2D eigenvalue weighted by atomic mass is 14.7. The van der Waals surface area contributed by atoms with E-state index < -0.39 is 0 Å². The highest BCUT2D eigenvalue weighted by molar-refractivity contribution is 5.80. The zero-order chi connectivity index (χ0) is 24.5. The summed E-state index contributed by atoms with van der Waals surface area (Å²) in [6, 6.07) is 11.9. The van der Waals surface area contributed by atoms with Gasteiger partial charge in [0.05, 0.1) is 0 Å². The van der Waals surface area contributed by atoms with Crippen LogP contribution >= 0.6 is 0 Å². The van der Waals surface area contributed by atoms with Crippen molar-refractivity contribution in [1.82, 2.24) is 0 Å². The second kappa shape index (κ2) is 8.36. The van der Waals surface area contributed by atoms with Crippen LogP contribution in [0.4, 0.5) is 0 Å². The molecule has 2 aromatic carbocycles. The van der Waals surface area contributed by atoms with Gasteiger partial charge in [0.15, 0.2) is 0 Å². The number of hydrogen-bond acceptors (Lipinski definition) is 0. The fourth-order valence-electron chi connectivity index (χ4n) is 8.23. The van der Waals surface area contributed by atoms with E-state index in [1.54, 1.807) is 11.1 Å². The first-order chi connectivity index (χ1) is 16.8. The standard InChI is InChI=1S/C35H42/c1-21-15-22(2)29(18-25-11-8-7-9-12-25)32(16-21)28-14-10-13-27-17-26(20-31(27)28)19-30-23(3)33-34(24(30)4)35(33,5)6/h10,13-17,25,30,33-34H,3-4,7-9,11-12,18-20H2,1-2,5-6H3. The van der Waals surface area contributed by atoms with E-state index in [2.05, 4.69) is 77.3 Å². The fourth-order valence-corrected chi connectivity index (χ4v) is 8.23. The van der Waals surface area contributed by atoms with E-state index in [9.17, 15) is 0 Å². The minimum absolute atomic E-state index is 0.391. The van der Waals surface area contributed by atoms with Crippen molar-refractivity contribution in [2.75, 3.05) is 0 Å². The molecule has 2 unspecified atom stereocenters. The largest absolute Gasteiger partial charge is 0.0989 e. The summed E-state index contributed by atoms with van der Waals surface area (Å²) >= 11 is 0. The molecule has 4 aliphatic carbocycles. The lowest BCUT2D eigenvalue weighted by atomic mass is 9.80. The van der Waals surface area contributed by atoms with Crippen molar-refractivity contribution in [3.8, 4) is 11.1 Å². The topological polar surface area (TPSA) is 0 Å². The first-order valence-electron chi connectivity index (χ1n) is 14.0. The molecule has 6 rings (SSSR count). The number of benzene rings is 2. The van der Waals surface area contributed by atoms with Crippen molar-refractivity contribution >= 4 is 6.08 Å². The molecule has 0 amide bonds. The van der Waals surface area contributed by atoms with E-state index in [-0.39, 0.29) is 0 Å². The normalized spacial score (nSPS) is 27.1. The molecule has 3 saturated carbocycles. The lowest BCUT2D eigenvalue weighted by molar-refractivity contribution is 0.356. The Morgan fingerprint density at radius 3 is 2.31 bits per heavy atom. The summed E-state index contributed by atoms with van der Waals surface area (Å²) in [5.74, 6) is 2.66. The van der Waals surface area contributed by atoms with E-state index in [0.717, 1.165) is 18.8 Å². The summed E-state index contributed by atoms with van der Waals surface area (Å²) in [4.78, 5) is 0. The third-order valence-corrected chi connectivity index (χ3v) is 10.1. The SMILES string of the molecule is C=C1C(CC2=Cc3cccc(-c4cc(C)cc(C)c4CC4CCCCC4)c3C2)C(=C)C2C1C2(C)C. The molecule has 0 heterocycles. The fraction of sp³-hybridized carbons (Fsp3) is 0.486. The second-order valence-electron chi connectivity index (χ2n) is 12.9. The quantitative estimate of drug-likeness (QED) is 0.388. The molecule has 2 atom stereocenters. The van der Waals surface area contributed by atoms with Gasteiger partial charge in [-0.25, -0.2) is 0 Å². The number of fused-ring (bicyclic) bond motifs is 2. The smallest absolute Gasteiger partial charge is 0.00454 e. The second-order valence-corrected chi connectivity index (χ2v) is 12.9. The van der Waals surface area contributed by atoms with Gasteiger partial charge in [-0.2, -0.15) is 0 Å². The molecule has 0 aliphatic heterocycles. The van der Waals surface area contributed by atoms with E-state index >= 15 is 0 Å². The summed E-state index contributed by atoms with van der Waals surface area (Å²) < 4.78 is 0. The van der Waals surface area contributed by atoms with Gasteiger partial charge in [-0.1, -0.05) is 118 Å². The molecule has 0 saturated heterocycles. The Morgan fingerprint density at radius 2 is 1.60 bits per heavy atom. The van der Waals surface area contributed by atoms with Crippen LogP contribution in [0.2, 0.25) is 0 Å². The zero-order valence-corrected chi connectivity index (χ0v) is 22.3. The van der Waals surface area contributed by atoms with Crippen LogP contribution in [-0.2, 0) is 12.8 Å². The Morgan fingerprint density at radius 1 is 0.886 bits per heavy atom. The molecule has 0 spiro atoms. The Hall–Kier alpha value is -2.34. The molecule has 3 fully saturated rings. The van der Waals surface area contributed by atoms with Crippen LogP contribution in [0.3, 0.4) is 0 Å². The molecule has 35 heavy (non-hydrogen) atoms. The summed E-state index contributed by atoms with van der Waals surface area (Å²) in [5.41, 5.74) is 15.3. The first-order valence-corrected chi connectivity index (χ1v) is 14.0. The third kappa shape index (κ3) is 3.80. The molecular weight excluding hydrogens is 420 g/mol. The lowest BCUT2D eigenvalue weighted by Crippen LogP contribution is -2.12. The molecule has 4 aliphatic rings. The van der Waals surface area contributed by atoms with E-state index in [1.807, 2.05) is 0 Å². The summed E-state index contributed by atoms with van der Waals surface area (Å²) in [5, 5.41) is 0. The van der Waals surface area contributed by atoms with Crippen molar-refractivity contribution in [2.24, 2.45) is 29.1 Å². The molecule has 0 aromatic heterocycles. The maximum Gasteiger partial charge on any atom is 0.00454 e. The Kier molecular flexibility index (Phi) is 5.51. The van der Waals surface area contributed by atoms with Gasteiger partial charge in [0.25, 0.3) is 0 Å². The molecule has 182 valence electrons. The molecule has 0 heteroatoms. The monoisotopic (exact) mass is 462 g/mol. The molecular formula is C35H42. The number of allylic oxidation sites excluding steroid dienone is 3. The van der Waals surface area contributed by atoms with Gasteiger partial charge < -0.3 is 0 Å². The number of hydrogen-bond donors (Lipinski definition) is 0. The summed E-state index contributed by atoms with van der Waals surface area (Å²) in [6.45, 7) is 18.5. The van der Waals surface area contributed by atoms with Crippen LogP contribution < -0.4 is 0 Å². The van der Waals surface area contributed by atoms with Crippen molar-refractivity contribution in [3.05, 3.63) is 88.0 Å². The maximum absolute atomic E-state index is 4.56. The first kappa shape index (κ1) is 23.1. The van der Waals surface area contributed by atoms with Gasteiger partial charge in [-0.05, 0) is 89.7 Å². The zero-order valence-electron chi connectivity index (χ0n) is 22.3. The van der Waals surface area contributed by atoms with Crippen LogP contribution in [0.25, 0.3) is 17.2 Å². The average Bonchev–Trinajstić information content (AvgIpc) is 3.07. The van der Waals surface area contributed by atoms with Crippen molar-refractivity contribution in [2.45, 2.75) is 79.1 Å². The van der Waals surface area contributed by atoms with Gasteiger partial charge in [-0.3, -0.25) is 0 Å². The van der Waals surface area contributed by atoms with Crippen LogP contribution in [0, 0.1) is 42.9 Å². The van der Waals surface area contributed by atoms with Gasteiger partial charge in [0.2, 0.25) is 0 Å². The third-order valence-electron chi connectivity index (χ3n) is 10.1. The van der Waals surface area contributed by atoms with Crippen molar-refractivity contribution in [1.29, 1.82) is 0 Å². The average molecular weight is 463 g/mol. The maximum atomic E-state index is 4.56. The minimum atomic E-state index is 0.391. The molecule has 2 aromatic rings. The van der Waals surface area contributed by atoms with Crippen LogP contribution in [0.5, 0.6) is 0 Å². The summed E-state index contributed by atoms with van der Waals surface area (Å²) in [7, 11) is 0. The highest BCUT2D eigenvalue weighted by Gasteiger charge is 2.65. The number of rotatable bonds is 5. The van der Waals surface area contributed by atoms with Crippen molar-refractivity contribution in [3.63, 3.8) is 0 Å². The van der Waals surface area contributed by atoms with Gasteiger partial charge >= 0.3 is 0 Å². The highest BCUT2D eigenvalue weighted by Crippen LogP contribution is 2.72. The van der Waals surface area contributed by atoms with Crippen LogP contribution in [-0.4, -0.2) is 0 Å².